The van der Waals surface area contributed by atoms with Crippen molar-refractivity contribution in [3.05, 3.63) is 132 Å². The van der Waals surface area contributed by atoms with Gasteiger partial charge in [0.1, 0.15) is 5.76 Å². The van der Waals surface area contributed by atoms with Crippen LogP contribution >= 0.6 is 0 Å². The summed E-state index contributed by atoms with van der Waals surface area (Å²) in [4.78, 5) is 4.88. The van der Waals surface area contributed by atoms with Crippen LogP contribution in [0.2, 0.25) is 0 Å². The second-order valence-corrected chi connectivity index (χ2v) is 12.2. The van der Waals surface area contributed by atoms with Gasteiger partial charge in [-0.3, -0.25) is 0 Å². The molecule has 1 aromatic heterocycles. The normalized spacial score (nSPS) is 17.9. The Kier molecular flexibility index (Phi) is 5.58. The molecular weight excluding hydrogens is 542 g/mol. The van der Waals surface area contributed by atoms with Crippen LogP contribution in [0.1, 0.15) is 44.0 Å². The highest BCUT2D eigenvalue weighted by Crippen LogP contribution is 2.51. The fourth-order valence-corrected chi connectivity index (χ4v) is 7.47. The monoisotopic (exact) mass is 575 g/mol. The van der Waals surface area contributed by atoms with E-state index < -0.39 is 0 Å². The summed E-state index contributed by atoms with van der Waals surface area (Å²) < 4.78 is 15.2. The van der Waals surface area contributed by atoms with Crippen molar-refractivity contribution in [3.8, 4) is 17.2 Å². The lowest BCUT2D eigenvalue weighted by molar-refractivity contribution is 0.412. The van der Waals surface area contributed by atoms with Crippen LogP contribution in [0.15, 0.2) is 121 Å². The first kappa shape index (κ1) is 25.3. The van der Waals surface area contributed by atoms with E-state index in [1.54, 1.807) is 0 Å². The van der Waals surface area contributed by atoms with Crippen LogP contribution in [0, 0.1) is 0 Å². The molecule has 44 heavy (non-hydrogen) atoms. The third-order valence-corrected chi connectivity index (χ3v) is 9.30. The molecule has 0 bridgehead atoms. The van der Waals surface area contributed by atoms with E-state index in [1.165, 1.54) is 27.9 Å². The largest absolute Gasteiger partial charge is 0.453 e. The topological polar surface area (TPSA) is 29.9 Å². The van der Waals surface area contributed by atoms with Gasteiger partial charge in [0.15, 0.2) is 17.2 Å². The average Bonchev–Trinajstić information content (AvgIpc) is 3.39. The third-order valence-electron chi connectivity index (χ3n) is 9.30. The van der Waals surface area contributed by atoms with E-state index in [9.17, 15) is 0 Å². The molecule has 0 fully saturated rings. The van der Waals surface area contributed by atoms with E-state index in [2.05, 4.69) is 119 Å². The summed E-state index contributed by atoms with van der Waals surface area (Å²) in [6, 6.07) is 32.5. The lowest BCUT2D eigenvalue weighted by atomic mass is 9.93. The fourth-order valence-electron chi connectivity index (χ4n) is 7.47. The molecule has 5 nitrogen and oxygen atoms in total. The summed E-state index contributed by atoms with van der Waals surface area (Å²) in [7, 11) is 0. The van der Waals surface area contributed by atoms with Gasteiger partial charge in [-0.25, -0.2) is 0 Å². The molecule has 2 aliphatic heterocycles. The standard InChI is InChI=1S/C39H33N3O2/c1-25(2)40-30-21-19-26(41-32-11-3-7-15-36(32)43-37-16-8-4-12-33(37)41)23-28(30)29-24-27(20-22-31(29)40)42-34-13-5-9-17-38(34)44-39-18-10-6-14-35(39)42/h3-5,7-13,15-23,25,27H,6,14,24H2,1-2H3. The summed E-state index contributed by atoms with van der Waals surface area (Å²) in [5.74, 6) is 3.64. The summed E-state index contributed by atoms with van der Waals surface area (Å²) in [5, 5.41) is 1.31. The minimum Gasteiger partial charge on any atom is -0.453 e. The SMILES string of the molecule is CC(C)n1c2c(c3cc(N4c5ccccc5Oc5ccccc54)ccc31)CC(N1C3=C(C=CCC3)Oc3ccccc31)C=C2. The molecule has 216 valence electrons. The van der Waals surface area contributed by atoms with Gasteiger partial charge in [-0.05, 0) is 105 Å². The predicted molar refractivity (Wildman–Crippen MR) is 179 cm³/mol. The zero-order valence-electron chi connectivity index (χ0n) is 24.9. The molecule has 3 heterocycles. The number of ether oxygens (including phenoxy) is 2. The highest BCUT2D eigenvalue weighted by Gasteiger charge is 2.34. The number of nitrogens with zero attached hydrogens (tertiary/aromatic N) is 3. The Balaban J connectivity index is 1.20. The fraction of sp³-hybridized carbons (Fsp3) is 0.179. The van der Waals surface area contributed by atoms with Gasteiger partial charge in [0.2, 0.25) is 0 Å². The zero-order chi connectivity index (χ0) is 29.4. The van der Waals surface area contributed by atoms with Crippen molar-refractivity contribution in [2.24, 2.45) is 0 Å². The van der Waals surface area contributed by atoms with Crippen molar-refractivity contribution in [2.75, 3.05) is 9.80 Å². The Morgan fingerprint density at radius 1 is 0.750 bits per heavy atom. The average molecular weight is 576 g/mol. The van der Waals surface area contributed by atoms with E-state index in [0.29, 0.717) is 6.04 Å². The van der Waals surface area contributed by atoms with E-state index in [1.807, 2.05) is 24.3 Å². The third kappa shape index (κ3) is 3.72. The van der Waals surface area contributed by atoms with Gasteiger partial charge in [-0.2, -0.15) is 0 Å². The van der Waals surface area contributed by atoms with Crippen LogP contribution in [0.5, 0.6) is 17.2 Å². The van der Waals surface area contributed by atoms with E-state index in [0.717, 1.165) is 65.0 Å². The maximum absolute atomic E-state index is 6.38. The first-order valence-electron chi connectivity index (χ1n) is 15.6. The predicted octanol–water partition coefficient (Wildman–Crippen LogP) is 10.2. The van der Waals surface area contributed by atoms with Crippen LogP contribution in [-0.2, 0) is 6.42 Å². The number of rotatable bonds is 3. The van der Waals surface area contributed by atoms with Gasteiger partial charge in [-0.15, -0.1) is 0 Å². The molecule has 0 spiro atoms. The second-order valence-electron chi connectivity index (χ2n) is 12.2. The van der Waals surface area contributed by atoms with Crippen molar-refractivity contribution >= 4 is 39.7 Å². The van der Waals surface area contributed by atoms with Gasteiger partial charge in [0.05, 0.1) is 28.8 Å². The number of benzene rings is 4. The van der Waals surface area contributed by atoms with Gasteiger partial charge >= 0.3 is 0 Å². The van der Waals surface area contributed by atoms with Crippen molar-refractivity contribution < 1.29 is 9.47 Å². The molecule has 1 atom stereocenters. The number of para-hydroxylation sites is 6. The van der Waals surface area contributed by atoms with E-state index in [4.69, 9.17) is 9.47 Å². The van der Waals surface area contributed by atoms with Crippen LogP contribution in [0.4, 0.5) is 22.7 Å². The number of allylic oxidation sites excluding steroid dienone is 3. The molecule has 4 aromatic carbocycles. The van der Waals surface area contributed by atoms with E-state index in [-0.39, 0.29) is 6.04 Å². The maximum Gasteiger partial charge on any atom is 0.151 e. The van der Waals surface area contributed by atoms with Crippen molar-refractivity contribution in [2.45, 2.75) is 45.2 Å². The Morgan fingerprint density at radius 3 is 2.16 bits per heavy atom. The van der Waals surface area contributed by atoms with Crippen LogP contribution < -0.4 is 19.3 Å². The number of anilines is 4. The Labute approximate surface area is 257 Å². The molecule has 5 heteroatoms. The van der Waals surface area contributed by atoms with E-state index >= 15 is 0 Å². The van der Waals surface area contributed by atoms with Crippen LogP contribution in [-0.4, -0.2) is 10.6 Å². The number of fused-ring (bicyclic) bond motifs is 6. The number of aromatic nitrogens is 1. The smallest absolute Gasteiger partial charge is 0.151 e. The molecular formula is C39H33N3O2. The Morgan fingerprint density at radius 2 is 1.43 bits per heavy atom. The molecule has 5 aromatic rings. The summed E-state index contributed by atoms with van der Waals surface area (Å²) in [5.41, 5.74) is 9.64. The molecule has 0 saturated heterocycles. The van der Waals surface area contributed by atoms with Crippen molar-refractivity contribution in [1.82, 2.24) is 4.57 Å². The van der Waals surface area contributed by atoms with Gasteiger partial charge in [-0.1, -0.05) is 48.6 Å². The molecule has 0 saturated carbocycles. The minimum absolute atomic E-state index is 0.184. The second kappa shape index (κ2) is 9.68. The summed E-state index contributed by atoms with van der Waals surface area (Å²) in [6.45, 7) is 4.57. The number of hydrogen-bond acceptors (Lipinski definition) is 4. The highest BCUT2D eigenvalue weighted by atomic mass is 16.5. The molecule has 4 aliphatic rings. The summed E-state index contributed by atoms with van der Waals surface area (Å²) >= 11 is 0. The van der Waals surface area contributed by atoms with Crippen molar-refractivity contribution in [3.63, 3.8) is 0 Å². The Bertz CT molecular complexity index is 2020. The van der Waals surface area contributed by atoms with Gasteiger partial charge in [0, 0.05) is 28.3 Å². The first-order chi connectivity index (χ1) is 21.7. The molecule has 0 radical (unpaired) electrons. The molecule has 1 unspecified atom stereocenters. The zero-order valence-corrected chi connectivity index (χ0v) is 24.9. The minimum atomic E-state index is 0.184. The van der Waals surface area contributed by atoms with Crippen LogP contribution in [0.25, 0.3) is 17.0 Å². The quantitative estimate of drug-likeness (QED) is 0.210. The lowest BCUT2D eigenvalue weighted by Crippen LogP contribution is -2.39. The Hall–Kier alpha value is -5.16. The van der Waals surface area contributed by atoms with Crippen LogP contribution in [0.3, 0.4) is 0 Å². The molecule has 0 amide bonds. The highest BCUT2D eigenvalue weighted by molar-refractivity contribution is 5.95. The molecule has 2 aliphatic carbocycles. The van der Waals surface area contributed by atoms with Crippen molar-refractivity contribution in [1.29, 1.82) is 0 Å². The summed E-state index contributed by atoms with van der Waals surface area (Å²) in [6.07, 6.45) is 12.1. The van der Waals surface area contributed by atoms with Gasteiger partial charge < -0.3 is 23.8 Å². The van der Waals surface area contributed by atoms with Gasteiger partial charge in [0.25, 0.3) is 0 Å². The molecule has 0 N–H and O–H groups in total. The maximum atomic E-state index is 6.38. The lowest BCUT2D eigenvalue weighted by Gasteiger charge is -2.40. The first-order valence-corrected chi connectivity index (χ1v) is 15.6. The number of hydrogen-bond donors (Lipinski definition) is 0. The molecule has 9 rings (SSSR count).